The number of ether oxygens (including phenoxy) is 2. The molecule has 1 aromatic heterocycles. The van der Waals surface area contributed by atoms with Crippen molar-refractivity contribution in [2.24, 2.45) is 7.05 Å². The number of β-amino-alcohol motifs (C(OH)–C–C–N with tert-alkyl or cyclic N) is 1. The van der Waals surface area contributed by atoms with Crippen molar-refractivity contribution >= 4 is 22.9 Å². The molecule has 3 aliphatic heterocycles. The second-order valence-corrected chi connectivity index (χ2v) is 7.81. The van der Waals surface area contributed by atoms with Gasteiger partial charge in [0.2, 0.25) is 5.95 Å². The van der Waals surface area contributed by atoms with Gasteiger partial charge in [-0.2, -0.15) is 0 Å². The van der Waals surface area contributed by atoms with Gasteiger partial charge in [0, 0.05) is 25.7 Å². The maximum absolute atomic E-state index is 12.7. The number of rotatable bonds is 3. The number of nitrogens with one attached hydrogen (secondary N) is 1. The molecule has 3 saturated heterocycles. The first kappa shape index (κ1) is 17.9. The predicted molar refractivity (Wildman–Crippen MR) is 100 cm³/mol. The summed E-state index contributed by atoms with van der Waals surface area (Å²) < 4.78 is 13.1. The molecule has 1 amide bonds. The van der Waals surface area contributed by atoms with Gasteiger partial charge in [0.15, 0.2) is 0 Å². The van der Waals surface area contributed by atoms with Crippen molar-refractivity contribution in [3.63, 3.8) is 0 Å². The monoisotopic (exact) mass is 388 g/mol. The second kappa shape index (κ2) is 6.70. The Morgan fingerprint density at radius 3 is 2.86 bits per heavy atom. The van der Waals surface area contributed by atoms with E-state index in [1.165, 1.54) is 0 Å². The Morgan fingerprint density at radius 1 is 1.25 bits per heavy atom. The summed E-state index contributed by atoms with van der Waals surface area (Å²) in [5.74, 6) is 0.578. The van der Waals surface area contributed by atoms with Crippen molar-refractivity contribution in [1.82, 2.24) is 14.9 Å². The number of hydrogen-bond acceptors (Lipinski definition) is 7. The molecule has 9 nitrogen and oxygen atoms in total. The normalized spacial score (nSPS) is 32.2. The Bertz CT molecular complexity index is 915. The van der Waals surface area contributed by atoms with Gasteiger partial charge in [0.05, 0.1) is 36.4 Å². The lowest BCUT2D eigenvalue weighted by Gasteiger charge is -2.17. The van der Waals surface area contributed by atoms with Crippen LogP contribution in [0.4, 0.5) is 5.95 Å². The molecule has 5 rings (SSSR count). The number of hydrogen-bond donors (Lipinski definition) is 3. The summed E-state index contributed by atoms with van der Waals surface area (Å²) in [6.07, 6.45) is -0.916. The molecule has 2 aromatic rings. The molecule has 9 heteroatoms. The quantitative estimate of drug-likeness (QED) is 0.644. The minimum absolute atomic E-state index is 0.218. The van der Waals surface area contributed by atoms with Crippen molar-refractivity contribution in [2.45, 2.75) is 36.9 Å². The van der Waals surface area contributed by atoms with Crippen molar-refractivity contribution in [1.29, 1.82) is 0 Å². The molecule has 3 N–H and O–H groups in total. The fraction of sp³-hybridized carbons (Fsp3) is 0.579. The Morgan fingerprint density at radius 2 is 2.07 bits per heavy atom. The van der Waals surface area contributed by atoms with Crippen LogP contribution in [0.1, 0.15) is 16.8 Å². The van der Waals surface area contributed by atoms with Gasteiger partial charge in [0.1, 0.15) is 18.3 Å². The lowest BCUT2D eigenvalue weighted by Crippen LogP contribution is -2.44. The van der Waals surface area contributed by atoms with Crippen LogP contribution < -0.4 is 10.2 Å². The Labute approximate surface area is 161 Å². The molecule has 0 saturated carbocycles. The van der Waals surface area contributed by atoms with Gasteiger partial charge < -0.3 is 34.5 Å². The molecule has 0 radical (unpaired) electrons. The van der Waals surface area contributed by atoms with E-state index in [4.69, 9.17) is 9.47 Å². The van der Waals surface area contributed by atoms with Crippen molar-refractivity contribution < 1.29 is 24.5 Å². The number of carbonyl (C=O) groups excluding carboxylic acids is 1. The van der Waals surface area contributed by atoms with Crippen LogP contribution in [0.3, 0.4) is 0 Å². The van der Waals surface area contributed by atoms with E-state index in [9.17, 15) is 15.0 Å². The van der Waals surface area contributed by atoms with Crippen LogP contribution in [0.5, 0.6) is 0 Å². The number of imidazole rings is 1. The molecule has 3 aliphatic rings. The summed E-state index contributed by atoms with van der Waals surface area (Å²) in [5, 5.41) is 22.6. The summed E-state index contributed by atoms with van der Waals surface area (Å²) >= 11 is 0. The van der Waals surface area contributed by atoms with E-state index in [-0.39, 0.29) is 36.9 Å². The molecular weight excluding hydrogens is 364 g/mol. The number of amides is 1. The topological polar surface area (TPSA) is 109 Å². The van der Waals surface area contributed by atoms with Gasteiger partial charge in [-0.1, -0.05) is 0 Å². The van der Waals surface area contributed by atoms with Crippen LogP contribution in [-0.4, -0.2) is 82.4 Å². The number of anilines is 1. The number of aliphatic hydroxyl groups excluding tert-OH is 2. The molecule has 0 spiro atoms. The zero-order valence-corrected chi connectivity index (χ0v) is 15.6. The molecule has 3 fully saturated rings. The van der Waals surface area contributed by atoms with E-state index < -0.39 is 6.10 Å². The van der Waals surface area contributed by atoms with Crippen LogP contribution in [0, 0.1) is 0 Å². The zero-order valence-electron chi connectivity index (χ0n) is 15.6. The molecule has 4 heterocycles. The summed E-state index contributed by atoms with van der Waals surface area (Å²) in [6.45, 7) is 1.89. The average Bonchev–Trinajstić information content (AvgIpc) is 3.43. The van der Waals surface area contributed by atoms with Crippen LogP contribution >= 0.6 is 0 Å². The van der Waals surface area contributed by atoms with Gasteiger partial charge in [-0.05, 0) is 24.6 Å². The third-order valence-electron chi connectivity index (χ3n) is 5.91. The third kappa shape index (κ3) is 2.86. The highest BCUT2D eigenvalue weighted by Crippen LogP contribution is 2.28. The number of fused-ring (bicyclic) bond motifs is 2. The van der Waals surface area contributed by atoms with E-state index in [2.05, 4.69) is 15.2 Å². The Hall–Kier alpha value is -2.20. The molecule has 0 bridgehead atoms. The highest BCUT2D eigenvalue weighted by molar-refractivity contribution is 5.98. The summed E-state index contributed by atoms with van der Waals surface area (Å²) in [5.41, 5.74) is 2.18. The predicted octanol–water partition coefficient (Wildman–Crippen LogP) is -0.599. The van der Waals surface area contributed by atoms with E-state index in [1.54, 1.807) is 12.1 Å². The first-order valence-corrected chi connectivity index (χ1v) is 9.63. The van der Waals surface area contributed by atoms with Crippen LogP contribution in [0.15, 0.2) is 18.2 Å². The van der Waals surface area contributed by atoms with E-state index >= 15 is 0 Å². The molecular formula is C19H24N4O5. The maximum atomic E-state index is 12.7. The summed E-state index contributed by atoms with van der Waals surface area (Å²) in [6, 6.07) is 5.16. The molecule has 0 unspecified atom stereocenters. The SMILES string of the molecule is Cn1c(N2CC[C@H](O)C2)nc2cc(C(=O)N[C@H]3CO[C@H]4[C@@H]3OC[C@@H]4O)ccc21. The molecule has 0 aliphatic carbocycles. The van der Waals surface area contributed by atoms with E-state index in [1.807, 2.05) is 17.7 Å². The van der Waals surface area contributed by atoms with Crippen LogP contribution in [0.25, 0.3) is 11.0 Å². The molecule has 150 valence electrons. The summed E-state index contributed by atoms with van der Waals surface area (Å²) in [7, 11) is 1.94. The molecule has 1 aromatic carbocycles. The Kier molecular flexibility index (Phi) is 4.27. The fourth-order valence-corrected chi connectivity index (χ4v) is 4.39. The number of aryl methyl sites for hydroxylation is 1. The van der Waals surface area contributed by atoms with Crippen LogP contribution in [0.2, 0.25) is 0 Å². The number of aromatic nitrogens is 2. The van der Waals surface area contributed by atoms with E-state index in [0.29, 0.717) is 18.7 Å². The first-order valence-electron chi connectivity index (χ1n) is 9.63. The molecule has 28 heavy (non-hydrogen) atoms. The average molecular weight is 388 g/mol. The zero-order chi connectivity index (χ0) is 19.4. The lowest BCUT2D eigenvalue weighted by atomic mass is 10.1. The van der Waals surface area contributed by atoms with Gasteiger partial charge in [-0.3, -0.25) is 4.79 Å². The smallest absolute Gasteiger partial charge is 0.251 e. The highest BCUT2D eigenvalue weighted by Gasteiger charge is 2.47. The van der Waals surface area contributed by atoms with Gasteiger partial charge >= 0.3 is 0 Å². The third-order valence-corrected chi connectivity index (χ3v) is 5.91. The number of carbonyl (C=O) groups is 1. The lowest BCUT2D eigenvalue weighted by molar-refractivity contribution is 0.0178. The minimum Gasteiger partial charge on any atom is -0.391 e. The largest absolute Gasteiger partial charge is 0.391 e. The highest BCUT2D eigenvalue weighted by atomic mass is 16.6. The number of benzene rings is 1. The van der Waals surface area contributed by atoms with Crippen molar-refractivity contribution in [2.75, 3.05) is 31.2 Å². The minimum atomic E-state index is -0.640. The van der Waals surface area contributed by atoms with Gasteiger partial charge in [-0.25, -0.2) is 4.98 Å². The van der Waals surface area contributed by atoms with Gasteiger partial charge in [-0.15, -0.1) is 0 Å². The Balaban J connectivity index is 1.35. The fourth-order valence-electron chi connectivity index (χ4n) is 4.39. The number of nitrogens with zero attached hydrogens (tertiary/aromatic N) is 3. The maximum Gasteiger partial charge on any atom is 0.251 e. The van der Waals surface area contributed by atoms with Gasteiger partial charge in [0.25, 0.3) is 5.91 Å². The standard InChI is InChI=1S/C19H24N4O5/c1-22-14-3-2-10(6-12(14)21-19(22)23-5-4-11(24)7-23)18(26)20-13-8-27-17-15(25)9-28-16(13)17/h2-3,6,11,13,15-17,24-25H,4-5,7-9H2,1H3,(H,20,26)/t11-,13-,15-,16+,17+/m0/s1. The number of aliphatic hydroxyl groups is 2. The van der Waals surface area contributed by atoms with E-state index in [0.717, 1.165) is 29.9 Å². The first-order chi connectivity index (χ1) is 13.5. The van der Waals surface area contributed by atoms with Crippen LogP contribution in [-0.2, 0) is 16.5 Å². The molecule has 5 atom stereocenters. The van der Waals surface area contributed by atoms with Crippen molar-refractivity contribution in [3.8, 4) is 0 Å². The second-order valence-electron chi connectivity index (χ2n) is 7.81. The summed E-state index contributed by atoms with van der Waals surface area (Å²) in [4.78, 5) is 19.5. The van der Waals surface area contributed by atoms with Crippen molar-refractivity contribution in [3.05, 3.63) is 23.8 Å².